The van der Waals surface area contributed by atoms with Gasteiger partial charge in [0.15, 0.2) is 0 Å². The molecule has 0 aliphatic carbocycles. The van der Waals surface area contributed by atoms with Crippen molar-refractivity contribution in [3.63, 3.8) is 0 Å². The van der Waals surface area contributed by atoms with Crippen LogP contribution >= 0.6 is 0 Å². The van der Waals surface area contributed by atoms with Crippen LogP contribution in [0.5, 0.6) is 0 Å². The average Bonchev–Trinajstić information content (AvgIpc) is 2.56. The summed E-state index contributed by atoms with van der Waals surface area (Å²) < 4.78 is 58.8. The van der Waals surface area contributed by atoms with E-state index in [9.17, 15) is 26.8 Å². The van der Waals surface area contributed by atoms with Gasteiger partial charge in [0, 0.05) is 6.07 Å². The van der Waals surface area contributed by atoms with Crippen molar-refractivity contribution >= 4 is 27.6 Å². The van der Waals surface area contributed by atoms with Crippen molar-refractivity contribution in [3.8, 4) is 0 Å². The summed E-state index contributed by atoms with van der Waals surface area (Å²) in [5, 5.41) is 8.99. The third-order valence-corrected chi connectivity index (χ3v) is 4.94. The van der Waals surface area contributed by atoms with Crippen LogP contribution in [0.4, 0.5) is 14.5 Å². The second-order valence-electron chi connectivity index (χ2n) is 5.19. The second kappa shape index (κ2) is 7.08. The van der Waals surface area contributed by atoms with E-state index in [0.29, 0.717) is 12.1 Å². The van der Waals surface area contributed by atoms with Gasteiger partial charge in [-0.3, -0.25) is 4.72 Å². The van der Waals surface area contributed by atoms with E-state index < -0.39 is 49.7 Å². The zero-order valence-corrected chi connectivity index (χ0v) is 14.4. The molecule has 2 rings (SSSR count). The third kappa shape index (κ3) is 3.80. The van der Waals surface area contributed by atoms with Gasteiger partial charge < -0.3 is 9.84 Å². The van der Waals surface area contributed by atoms with Gasteiger partial charge in [0.25, 0.3) is 10.0 Å². The van der Waals surface area contributed by atoms with Crippen LogP contribution in [-0.2, 0) is 14.8 Å². The molecule has 0 saturated carbocycles. The monoisotopic (exact) mass is 385 g/mol. The lowest BCUT2D eigenvalue weighted by Gasteiger charge is -2.13. The molecule has 7 nitrogen and oxygen atoms in total. The van der Waals surface area contributed by atoms with Crippen molar-refractivity contribution in [1.29, 1.82) is 0 Å². The molecule has 0 aromatic heterocycles. The quantitative estimate of drug-likeness (QED) is 0.766. The molecule has 2 aromatic rings. The molecule has 0 aliphatic rings. The molecule has 0 amide bonds. The molecule has 0 bridgehead atoms. The number of nitrogens with one attached hydrogen (secondary N) is 1. The molecule has 0 heterocycles. The van der Waals surface area contributed by atoms with Gasteiger partial charge in [-0.1, -0.05) is 6.07 Å². The number of esters is 1. The van der Waals surface area contributed by atoms with Crippen LogP contribution in [-0.4, -0.2) is 32.6 Å². The Labute approximate surface area is 147 Å². The van der Waals surface area contributed by atoms with Crippen molar-refractivity contribution in [2.45, 2.75) is 11.8 Å². The smallest absolute Gasteiger partial charge is 0.340 e. The molecular weight excluding hydrogens is 372 g/mol. The van der Waals surface area contributed by atoms with Gasteiger partial charge in [-0.15, -0.1) is 0 Å². The fourth-order valence-electron chi connectivity index (χ4n) is 2.12. The molecular formula is C16H13F2NO6S. The Morgan fingerprint density at radius 1 is 1.12 bits per heavy atom. The largest absolute Gasteiger partial charge is 0.478 e. The lowest BCUT2D eigenvalue weighted by atomic mass is 10.1. The Morgan fingerprint density at radius 2 is 1.77 bits per heavy atom. The van der Waals surface area contributed by atoms with Crippen LogP contribution in [0.2, 0.25) is 0 Å². The number of aryl methyl sites for hydroxylation is 1. The molecule has 0 spiro atoms. The number of halogens is 2. The maximum Gasteiger partial charge on any atom is 0.340 e. The highest BCUT2D eigenvalue weighted by Gasteiger charge is 2.23. The minimum Gasteiger partial charge on any atom is -0.478 e. The summed E-state index contributed by atoms with van der Waals surface area (Å²) >= 11 is 0. The van der Waals surface area contributed by atoms with E-state index in [0.717, 1.165) is 13.2 Å². The van der Waals surface area contributed by atoms with Crippen LogP contribution in [0, 0.1) is 18.6 Å². The van der Waals surface area contributed by atoms with Gasteiger partial charge in [-0.2, -0.15) is 0 Å². The first-order valence-corrected chi connectivity index (χ1v) is 8.49. The zero-order chi connectivity index (χ0) is 19.6. The summed E-state index contributed by atoms with van der Waals surface area (Å²) in [5.41, 5.74) is -1.43. The van der Waals surface area contributed by atoms with E-state index in [1.165, 1.54) is 19.1 Å². The molecule has 0 aliphatic heterocycles. The number of sulfonamides is 1. The van der Waals surface area contributed by atoms with Gasteiger partial charge in [0.05, 0.1) is 28.8 Å². The number of rotatable bonds is 5. The summed E-state index contributed by atoms with van der Waals surface area (Å²) in [7, 11) is -3.43. The van der Waals surface area contributed by atoms with Crippen LogP contribution in [0.25, 0.3) is 0 Å². The van der Waals surface area contributed by atoms with Crippen LogP contribution in [0.3, 0.4) is 0 Å². The molecule has 10 heteroatoms. The Hall–Kier alpha value is -3.01. The fourth-order valence-corrected chi connectivity index (χ4v) is 3.45. The van der Waals surface area contributed by atoms with Crippen molar-refractivity contribution in [3.05, 3.63) is 58.7 Å². The topological polar surface area (TPSA) is 110 Å². The summed E-state index contributed by atoms with van der Waals surface area (Å²) in [6.07, 6.45) is 0. The van der Waals surface area contributed by atoms with Crippen molar-refractivity contribution in [1.82, 2.24) is 0 Å². The van der Waals surface area contributed by atoms with E-state index in [2.05, 4.69) is 4.74 Å². The highest BCUT2D eigenvalue weighted by Crippen LogP contribution is 2.25. The standard InChI is InChI=1S/C16H13F2NO6S/c1-8-3-4-9(15(20)21)5-14(8)26(23,24)19-13-6-10(16(22)25-2)11(17)7-12(13)18/h3-7,19H,1-2H3,(H,20,21). The van der Waals surface area contributed by atoms with E-state index in [4.69, 9.17) is 5.11 Å². The molecule has 0 fully saturated rings. The predicted molar refractivity (Wildman–Crippen MR) is 86.6 cm³/mol. The van der Waals surface area contributed by atoms with Gasteiger partial charge in [0.2, 0.25) is 0 Å². The number of carboxylic acids is 1. The second-order valence-corrected chi connectivity index (χ2v) is 6.85. The lowest BCUT2D eigenvalue weighted by Crippen LogP contribution is -2.17. The van der Waals surface area contributed by atoms with Crippen molar-refractivity contribution < 1.29 is 36.6 Å². The summed E-state index contributed by atoms with van der Waals surface area (Å²) in [6, 6.07) is 4.39. The average molecular weight is 385 g/mol. The normalized spacial score (nSPS) is 11.1. The van der Waals surface area contributed by atoms with E-state index in [-0.39, 0.29) is 11.1 Å². The number of anilines is 1. The molecule has 2 aromatic carbocycles. The van der Waals surface area contributed by atoms with Crippen molar-refractivity contribution in [2.24, 2.45) is 0 Å². The first kappa shape index (κ1) is 19.3. The molecule has 0 atom stereocenters. The molecule has 0 unspecified atom stereocenters. The Kier molecular flexibility index (Phi) is 5.26. The Balaban J connectivity index is 2.52. The highest BCUT2D eigenvalue weighted by atomic mass is 32.2. The number of hydrogen-bond donors (Lipinski definition) is 2. The number of carbonyl (C=O) groups excluding carboxylic acids is 1. The number of carboxylic acid groups (broad SMARTS) is 1. The van der Waals surface area contributed by atoms with E-state index in [1.807, 2.05) is 4.72 Å². The zero-order valence-electron chi connectivity index (χ0n) is 13.5. The molecule has 26 heavy (non-hydrogen) atoms. The van der Waals surface area contributed by atoms with E-state index >= 15 is 0 Å². The van der Waals surface area contributed by atoms with Crippen LogP contribution in [0.1, 0.15) is 26.3 Å². The minimum absolute atomic E-state index is 0.207. The number of benzene rings is 2. The van der Waals surface area contributed by atoms with Gasteiger partial charge in [-0.05, 0) is 30.7 Å². The fraction of sp³-hybridized carbons (Fsp3) is 0.125. The predicted octanol–water partition coefficient (Wildman–Crippen LogP) is 2.56. The van der Waals surface area contributed by atoms with Crippen LogP contribution in [0.15, 0.2) is 35.2 Å². The summed E-state index contributed by atoms with van der Waals surface area (Å²) in [6.45, 7) is 1.42. The van der Waals surface area contributed by atoms with Crippen molar-refractivity contribution in [2.75, 3.05) is 11.8 Å². The number of ether oxygens (including phenoxy) is 1. The maximum atomic E-state index is 13.9. The first-order valence-electron chi connectivity index (χ1n) is 7.01. The lowest BCUT2D eigenvalue weighted by molar-refractivity contribution is 0.0594. The molecule has 138 valence electrons. The van der Waals surface area contributed by atoms with Gasteiger partial charge >= 0.3 is 11.9 Å². The highest BCUT2D eigenvalue weighted by molar-refractivity contribution is 7.92. The first-order chi connectivity index (χ1) is 12.1. The maximum absolute atomic E-state index is 13.9. The molecule has 2 N–H and O–H groups in total. The molecule has 0 radical (unpaired) electrons. The SMILES string of the molecule is COC(=O)c1cc(NS(=O)(=O)c2cc(C(=O)O)ccc2C)c(F)cc1F. The minimum atomic E-state index is -4.41. The Morgan fingerprint density at radius 3 is 2.35 bits per heavy atom. The summed E-state index contributed by atoms with van der Waals surface area (Å²) in [5.74, 6) is -4.94. The van der Waals surface area contributed by atoms with Gasteiger partial charge in [-0.25, -0.2) is 26.8 Å². The van der Waals surface area contributed by atoms with E-state index in [1.54, 1.807) is 0 Å². The van der Waals surface area contributed by atoms with Crippen LogP contribution < -0.4 is 4.72 Å². The number of hydrogen-bond acceptors (Lipinski definition) is 5. The number of carbonyl (C=O) groups is 2. The summed E-state index contributed by atoms with van der Waals surface area (Å²) in [4.78, 5) is 22.1. The number of methoxy groups -OCH3 is 1. The third-order valence-electron chi connectivity index (χ3n) is 3.43. The molecule has 0 saturated heterocycles. The van der Waals surface area contributed by atoms with Gasteiger partial charge in [0.1, 0.15) is 11.6 Å². The number of aromatic carboxylic acids is 1. The Bertz CT molecular complexity index is 1000.